The monoisotopic (exact) mass is 222 g/mol. The summed E-state index contributed by atoms with van der Waals surface area (Å²) in [4.78, 5) is 4.28. The normalized spacial score (nSPS) is 11.8. The van der Waals surface area contributed by atoms with Gasteiger partial charge in [-0.15, -0.1) is 0 Å². The van der Waals surface area contributed by atoms with E-state index in [9.17, 15) is 0 Å². The molecule has 0 bridgehead atoms. The van der Waals surface area contributed by atoms with E-state index in [-0.39, 0.29) is 5.54 Å². The molecule has 2 N–H and O–H groups in total. The van der Waals surface area contributed by atoms with Crippen molar-refractivity contribution in [3.63, 3.8) is 0 Å². The average Bonchev–Trinajstić information content (AvgIpc) is 2.31. The van der Waals surface area contributed by atoms with Crippen LogP contribution in [-0.4, -0.2) is 17.1 Å². The van der Waals surface area contributed by atoms with Gasteiger partial charge in [-0.2, -0.15) is 0 Å². The lowest BCUT2D eigenvalue weighted by Crippen LogP contribution is -2.43. The van der Waals surface area contributed by atoms with Gasteiger partial charge in [-0.1, -0.05) is 19.9 Å². The summed E-state index contributed by atoms with van der Waals surface area (Å²) in [7, 11) is 0. The van der Waals surface area contributed by atoms with Crippen molar-refractivity contribution in [3.05, 3.63) is 29.6 Å². The first-order valence-electron chi connectivity index (χ1n) is 5.88. The zero-order chi connectivity index (χ0) is 12.0. The molecule has 0 saturated carbocycles. The van der Waals surface area contributed by atoms with Crippen molar-refractivity contribution in [1.29, 1.82) is 0 Å². The van der Waals surface area contributed by atoms with Gasteiger partial charge in [0.2, 0.25) is 0 Å². The Kier molecular flexibility index (Phi) is 4.90. The maximum atomic E-state index is 6.15. The summed E-state index contributed by atoms with van der Waals surface area (Å²) in [6.45, 7) is 7.38. The van der Waals surface area contributed by atoms with Crippen LogP contribution in [0.15, 0.2) is 18.3 Å². The predicted octanol–water partition coefficient (Wildman–Crippen LogP) is 2.42. The molecule has 1 aromatic rings. The van der Waals surface area contributed by atoms with Crippen LogP contribution in [-0.2, 0) is 11.3 Å². The Morgan fingerprint density at radius 1 is 1.38 bits per heavy atom. The Morgan fingerprint density at radius 2 is 2.06 bits per heavy atom. The lowest BCUT2D eigenvalue weighted by Gasteiger charge is -2.26. The third-order valence-corrected chi connectivity index (χ3v) is 3.15. The van der Waals surface area contributed by atoms with E-state index in [0.717, 1.165) is 24.1 Å². The molecule has 1 heterocycles. The fourth-order valence-electron chi connectivity index (χ4n) is 1.47. The number of pyridine rings is 1. The van der Waals surface area contributed by atoms with Crippen LogP contribution in [0, 0.1) is 6.92 Å². The molecule has 3 nitrogen and oxygen atoms in total. The summed E-state index contributed by atoms with van der Waals surface area (Å²) in [5.74, 6) is 0. The van der Waals surface area contributed by atoms with Crippen molar-refractivity contribution in [1.82, 2.24) is 4.98 Å². The van der Waals surface area contributed by atoms with Gasteiger partial charge in [0, 0.05) is 11.7 Å². The van der Waals surface area contributed by atoms with Gasteiger partial charge in [-0.3, -0.25) is 4.98 Å². The maximum absolute atomic E-state index is 6.15. The first kappa shape index (κ1) is 13.1. The molecule has 0 aliphatic heterocycles. The summed E-state index contributed by atoms with van der Waals surface area (Å²) in [5, 5.41) is 0. The molecule has 0 atom stereocenters. The number of aryl methyl sites for hydroxylation is 1. The first-order valence-corrected chi connectivity index (χ1v) is 5.88. The molecule has 16 heavy (non-hydrogen) atoms. The molecule has 0 spiro atoms. The average molecular weight is 222 g/mol. The van der Waals surface area contributed by atoms with Crippen LogP contribution in [0.2, 0.25) is 0 Å². The van der Waals surface area contributed by atoms with Gasteiger partial charge < -0.3 is 10.5 Å². The van der Waals surface area contributed by atoms with E-state index in [4.69, 9.17) is 10.5 Å². The number of rotatable bonds is 6. The van der Waals surface area contributed by atoms with Gasteiger partial charge in [0.15, 0.2) is 0 Å². The largest absolute Gasteiger partial charge is 0.373 e. The van der Waals surface area contributed by atoms with Crippen LogP contribution in [0.1, 0.15) is 37.9 Å². The number of nitrogens with two attached hydrogens (primary N) is 1. The summed E-state index contributed by atoms with van der Waals surface area (Å²) in [6, 6.07) is 3.98. The summed E-state index contributed by atoms with van der Waals surface area (Å²) >= 11 is 0. The van der Waals surface area contributed by atoms with E-state index in [1.807, 2.05) is 19.1 Å². The Balaban J connectivity index is 2.44. The van der Waals surface area contributed by atoms with Gasteiger partial charge in [0.1, 0.15) is 0 Å². The maximum Gasteiger partial charge on any atom is 0.0891 e. The molecule has 1 aromatic heterocycles. The minimum Gasteiger partial charge on any atom is -0.373 e. The van der Waals surface area contributed by atoms with Crippen molar-refractivity contribution in [2.45, 2.75) is 45.8 Å². The Morgan fingerprint density at radius 3 is 2.62 bits per heavy atom. The minimum atomic E-state index is -0.192. The first-order chi connectivity index (χ1) is 7.61. The molecular weight excluding hydrogens is 200 g/mol. The Labute approximate surface area is 98.0 Å². The van der Waals surface area contributed by atoms with Crippen molar-refractivity contribution in [2.24, 2.45) is 5.73 Å². The van der Waals surface area contributed by atoms with E-state index in [2.05, 4.69) is 18.8 Å². The van der Waals surface area contributed by atoms with Gasteiger partial charge in [0.25, 0.3) is 0 Å². The van der Waals surface area contributed by atoms with Crippen LogP contribution in [0.5, 0.6) is 0 Å². The second kappa shape index (κ2) is 5.97. The van der Waals surface area contributed by atoms with E-state index in [1.165, 1.54) is 0 Å². The van der Waals surface area contributed by atoms with E-state index >= 15 is 0 Å². The molecule has 1 rings (SSSR count). The van der Waals surface area contributed by atoms with E-state index < -0.39 is 0 Å². The lowest BCUT2D eigenvalue weighted by atomic mass is 9.96. The third kappa shape index (κ3) is 3.58. The highest BCUT2D eigenvalue weighted by molar-refractivity contribution is 5.16. The van der Waals surface area contributed by atoms with Crippen molar-refractivity contribution >= 4 is 0 Å². The minimum absolute atomic E-state index is 0.192. The third-order valence-electron chi connectivity index (χ3n) is 3.15. The van der Waals surface area contributed by atoms with Gasteiger partial charge in [-0.05, 0) is 31.4 Å². The van der Waals surface area contributed by atoms with Crippen LogP contribution < -0.4 is 5.73 Å². The summed E-state index contributed by atoms with van der Waals surface area (Å²) in [6.07, 6.45) is 3.66. The van der Waals surface area contributed by atoms with Gasteiger partial charge in [-0.25, -0.2) is 0 Å². The van der Waals surface area contributed by atoms with Crippen LogP contribution in [0.4, 0.5) is 0 Å². The molecular formula is C13H22N2O. The predicted molar refractivity (Wildman–Crippen MR) is 66.1 cm³/mol. The topological polar surface area (TPSA) is 48.1 Å². The van der Waals surface area contributed by atoms with Crippen LogP contribution in [0.25, 0.3) is 0 Å². The van der Waals surface area contributed by atoms with Gasteiger partial charge >= 0.3 is 0 Å². The highest BCUT2D eigenvalue weighted by Gasteiger charge is 2.20. The molecule has 0 amide bonds. The SMILES string of the molecule is CCC(N)(CC)COCc1ncccc1C. The fraction of sp³-hybridized carbons (Fsp3) is 0.615. The summed E-state index contributed by atoms with van der Waals surface area (Å²) < 4.78 is 5.66. The number of hydrogen-bond donors (Lipinski definition) is 1. The number of ether oxygens (including phenoxy) is 1. The summed E-state index contributed by atoms with van der Waals surface area (Å²) in [5.41, 5.74) is 8.12. The zero-order valence-corrected chi connectivity index (χ0v) is 10.5. The molecule has 0 aromatic carbocycles. The Hall–Kier alpha value is -0.930. The number of hydrogen-bond acceptors (Lipinski definition) is 3. The lowest BCUT2D eigenvalue weighted by molar-refractivity contribution is 0.0675. The van der Waals surface area contributed by atoms with Crippen molar-refractivity contribution in [2.75, 3.05) is 6.61 Å². The Bertz CT molecular complexity index is 321. The molecule has 90 valence electrons. The highest BCUT2D eigenvalue weighted by Crippen LogP contribution is 2.13. The number of aromatic nitrogens is 1. The highest BCUT2D eigenvalue weighted by atomic mass is 16.5. The van der Waals surface area contributed by atoms with Crippen LogP contribution in [0.3, 0.4) is 0 Å². The van der Waals surface area contributed by atoms with E-state index in [0.29, 0.717) is 13.2 Å². The van der Waals surface area contributed by atoms with Crippen molar-refractivity contribution in [3.8, 4) is 0 Å². The zero-order valence-electron chi connectivity index (χ0n) is 10.5. The molecule has 3 heteroatoms. The van der Waals surface area contributed by atoms with Gasteiger partial charge in [0.05, 0.1) is 18.9 Å². The second-order valence-electron chi connectivity index (χ2n) is 4.33. The van der Waals surface area contributed by atoms with E-state index in [1.54, 1.807) is 6.20 Å². The molecule has 0 radical (unpaired) electrons. The molecule has 0 saturated heterocycles. The quantitative estimate of drug-likeness (QED) is 0.804. The molecule has 0 unspecified atom stereocenters. The van der Waals surface area contributed by atoms with Crippen molar-refractivity contribution < 1.29 is 4.74 Å². The smallest absolute Gasteiger partial charge is 0.0891 e. The fourth-order valence-corrected chi connectivity index (χ4v) is 1.47. The molecule has 0 aliphatic rings. The number of nitrogens with zero attached hydrogens (tertiary/aromatic N) is 1. The van der Waals surface area contributed by atoms with Crippen LogP contribution >= 0.6 is 0 Å². The molecule has 0 aliphatic carbocycles. The second-order valence-corrected chi connectivity index (χ2v) is 4.33. The standard InChI is InChI=1S/C13H22N2O/c1-4-13(14,5-2)10-16-9-12-11(3)7-6-8-15-12/h6-8H,4-5,9-10,14H2,1-3H3. The molecule has 0 fully saturated rings.